The van der Waals surface area contributed by atoms with Crippen molar-refractivity contribution in [3.05, 3.63) is 12.2 Å². The van der Waals surface area contributed by atoms with Gasteiger partial charge in [0.15, 0.2) is 0 Å². The third kappa shape index (κ3) is 2.63. The molecule has 9 atom stereocenters. The molecule has 5 aliphatic rings. The molecule has 0 saturated heterocycles. The summed E-state index contributed by atoms with van der Waals surface area (Å²) in [6.07, 6.45) is 9.62. The fourth-order valence-electron chi connectivity index (χ4n) is 11.3. The summed E-state index contributed by atoms with van der Waals surface area (Å²) in [7, 11) is 1.58. The first kappa shape index (κ1) is 23.6. The standard InChI is InChI=1S/C30H46O3/c1-18(2)19-11-14-30(25(32)33-8)16-15-28(6)20(24(19)30)9-10-22-27(5)17-23(31)26(3,4)21(27)12-13-29(22,28)7/h19-22,24H,1,9-17H2,2-8H3/t19-,20+,21-,22+,24+,27-,28+,29+,30-/m0/s1. The van der Waals surface area contributed by atoms with Crippen LogP contribution in [0.2, 0.25) is 0 Å². The van der Waals surface area contributed by atoms with Crippen molar-refractivity contribution in [2.75, 3.05) is 7.11 Å². The highest BCUT2D eigenvalue weighted by Gasteiger charge is 2.73. The van der Waals surface area contributed by atoms with Gasteiger partial charge in [-0.2, -0.15) is 0 Å². The van der Waals surface area contributed by atoms with Crippen LogP contribution in [0.4, 0.5) is 0 Å². The normalized spacial score (nSPS) is 52.3. The zero-order valence-corrected chi connectivity index (χ0v) is 22.2. The van der Waals surface area contributed by atoms with Crippen LogP contribution >= 0.6 is 0 Å². The largest absolute Gasteiger partial charge is 0.469 e. The van der Waals surface area contributed by atoms with E-state index in [0.29, 0.717) is 35.4 Å². The molecule has 0 radical (unpaired) electrons. The number of hydrogen-bond acceptors (Lipinski definition) is 3. The number of ether oxygens (including phenoxy) is 1. The second-order valence-electron chi connectivity index (χ2n) is 14.2. The molecular formula is C30H46O3. The predicted octanol–water partition coefficient (Wildman–Crippen LogP) is 7.00. The lowest BCUT2D eigenvalue weighted by molar-refractivity contribution is -0.222. The molecule has 0 aliphatic heterocycles. The van der Waals surface area contributed by atoms with Gasteiger partial charge in [0.05, 0.1) is 12.5 Å². The molecule has 0 amide bonds. The van der Waals surface area contributed by atoms with Crippen molar-refractivity contribution in [3.8, 4) is 0 Å². The van der Waals surface area contributed by atoms with Crippen molar-refractivity contribution in [2.45, 2.75) is 99.3 Å². The summed E-state index contributed by atoms with van der Waals surface area (Å²) < 4.78 is 5.47. The van der Waals surface area contributed by atoms with Gasteiger partial charge in [0.1, 0.15) is 5.78 Å². The number of ketones is 1. The summed E-state index contributed by atoms with van der Waals surface area (Å²) in [5.74, 6) is 2.91. The molecule has 0 aromatic heterocycles. The summed E-state index contributed by atoms with van der Waals surface area (Å²) in [5.41, 5.74) is 1.27. The van der Waals surface area contributed by atoms with E-state index in [4.69, 9.17) is 4.74 Å². The summed E-state index contributed by atoms with van der Waals surface area (Å²) in [4.78, 5) is 26.5. The molecule has 0 unspecified atom stereocenters. The summed E-state index contributed by atoms with van der Waals surface area (Å²) in [6.45, 7) is 18.6. The van der Waals surface area contributed by atoms with Crippen LogP contribution in [0.25, 0.3) is 0 Å². The Morgan fingerprint density at radius 3 is 2.24 bits per heavy atom. The SMILES string of the molecule is C=C(C)[C@@H]1CC[C@]2(C(=O)OC)CC[C@]3(C)[C@H](CC[C@@H]4[C@@]5(C)CC(=O)C(C)(C)[C@@H]5CC[C@]43C)[C@@H]12. The highest BCUT2D eigenvalue weighted by molar-refractivity contribution is 5.88. The fraction of sp³-hybridized carbons (Fsp3) is 0.867. The molecule has 0 N–H and O–H groups in total. The van der Waals surface area contributed by atoms with Gasteiger partial charge >= 0.3 is 5.97 Å². The highest BCUT2D eigenvalue weighted by atomic mass is 16.5. The van der Waals surface area contributed by atoms with Crippen molar-refractivity contribution in [1.82, 2.24) is 0 Å². The number of carbonyl (C=O) groups excluding carboxylic acids is 2. The van der Waals surface area contributed by atoms with Gasteiger partial charge in [-0.15, -0.1) is 0 Å². The van der Waals surface area contributed by atoms with Crippen LogP contribution < -0.4 is 0 Å². The molecule has 3 heteroatoms. The van der Waals surface area contributed by atoms with Gasteiger partial charge in [-0.05, 0) is 104 Å². The first-order valence-electron chi connectivity index (χ1n) is 13.6. The number of allylic oxidation sites excluding steroid dienone is 1. The maximum Gasteiger partial charge on any atom is 0.312 e. The molecule has 5 fully saturated rings. The smallest absolute Gasteiger partial charge is 0.312 e. The Labute approximate surface area is 201 Å². The van der Waals surface area contributed by atoms with Gasteiger partial charge in [0.25, 0.3) is 0 Å². The van der Waals surface area contributed by atoms with Gasteiger partial charge in [0, 0.05) is 11.8 Å². The van der Waals surface area contributed by atoms with Gasteiger partial charge in [0.2, 0.25) is 0 Å². The Morgan fingerprint density at radius 2 is 1.61 bits per heavy atom. The number of esters is 1. The van der Waals surface area contributed by atoms with Crippen LogP contribution in [0.3, 0.4) is 0 Å². The second-order valence-corrected chi connectivity index (χ2v) is 14.2. The maximum atomic E-state index is 13.3. The number of methoxy groups -OCH3 is 1. The summed E-state index contributed by atoms with van der Waals surface area (Å²) in [6, 6.07) is 0. The van der Waals surface area contributed by atoms with E-state index in [2.05, 4.69) is 48.1 Å². The Hall–Kier alpha value is -1.12. The van der Waals surface area contributed by atoms with Gasteiger partial charge < -0.3 is 4.74 Å². The van der Waals surface area contributed by atoms with E-state index >= 15 is 0 Å². The Kier molecular flexibility index (Phi) is 4.99. The van der Waals surface area contributed by atoms with Crippen LogP contribution in [-0.2, 0) is 14.3 Å². The minimum atomic E-state index is -0.321. The first-order valence-corrected chi connectivity index (χ1v) is 13.6. The van der Waals surface area contributed by atoms with E-state index in [9.17, 15) is 9.59 Å². The molecule has 3 nitrogen and oxygen atoms in total. The maximum absolute atomic E-state index is 13.3. The first-order chi connectivity index (χ1) is 15.3. The van der Waals surface area contributed by atoms with Crippen molar-refractivity contribution < 1.29 is 14.3 Å². The van der Waals surface area contributed by atoms with Crippen LogP contribution in [0.1, 0.15) is 99.3 Å². The molecule has 33 heavy (non-hydrogen) atoms. The topological polar surface area (TPSA) is 43.4 Å². The number of hydrogen-bond donors (Lipinski definition) is 0. The lowest BCUT2D eigenvalue weighted by Gasteiger charge is -2.70. The van der Waals surface area contributed by atoms with E-state index < -0.39 is 0 Å². The zero-order chi connectivity index (χ0) is 24.2. The molecule has 0 aromatic carbocycles. The Balaban J connectivity index is 1.58. The van der Waals surface area contributed by atoms with Crippen molar-refractivity contribution in [2.24, 2.45) is 56.7 Å². The second kappa shape index (κ2) is 6.97. The van der Waals surface area contributed by atoms with Crippen LogP contribution in [0.5, 0.6) is 0 Å². The lowest BCUT2D eigenvalue weighted by atomic mass is 9.34. The molecule has 0 bridgehead atoms. The molecule has 0 spiro atoms. The molecule has 5 rings (SSSR count). The van der Waals surface area contributed by atoms with Crippen LogP contribution in [-0.4, -0.2) is 18.9 Å². The van der Waals surface area contributed by atoms with Crippen molar-refractivity contribution in [1.29, 1.82) is 0 Å². The quantitative estimate of drug-likeness (QED) is 0.333. The van der Waals surface area contributed by atoms with E-state index in [0.717, 1.165) is 32.1 Å². The Morgan fingerprint density at radius 1 is 0.909 bits per heavy atom. The fourth-order valence-corrected chi connectivity index (χ4v) is 11.3. The lowest BCUT2D eigenvalue weighted by Crippen LogP contribution is -2.64. The number of rotatable bonds is 2. The summed E-state index contributed by atoms with van der Waals surface area (Å²) >= 11 is 0. The average molecular weight is 455 g/mol. The summed E-state index contributed by atoms with van der Waals surface area (Å²) in [5, 5.41) is 0. The zero-order valence-electron chi connectivity index (χ0n) is 22.2. The van der Waals surface area contributed by atoms with E-state index in [-0.39, 0.29) is 33.0 Å². The highest BCUT2D eigenvalue weighted by Crippen LogP contribution is 2.77. The van der Waals surface area contributed by atoms with Gasteiger partial charge in [-0.3, -0.25) is 9.59 Å². The number of fused-ring (bicyclic) bond motifs is 7. The van der Waals surface area contributed by atoms with E-state index in [1.807, 2.05) is 0 Å². The average Bonchev–Trinajstić information content (AvgIpc) is 3.22. The molecule has 0 heterocycles. The van der Waals surface area contributed by atoms with Crippen molar-refractivity contribution in [3.63, 3.8) is 0 Å². The third-order valence-electron chi connectivity index (χ3n) is 13.1. The van der Waals surface area contributed by atoms with Crippen molar-refractivity contribution >= 4 is 11.8 Å². The predicted molar refractivity (Wildman–Crippen MR) is 131 cm³/mol. The molecule has 5 saturated carbocycles. The van der Waals surface area contributed by atoms with Gasteiger partial charge in [-0.1, -0.05) is 46.8 Å². The van der Waals surface area contributed by atoms with E-state index in [1.165, 1.54) is 31.3 Å². The Bertz CT molecular complexity index is 902. The van der Waals surface area contributed by atoms with Crippen LogP contribution in [0.15, 0.2) is 12.2 Å². The van der Waals surface area contributed by atoms with Gasteiger partial charge in [-0.25, -0.2) is 0 Å². The monoisotopic (exact) mass is 454 g/mol. The molecule has 5 aliphatic carbocycles. The van der Waals surface area contributed by atoms with E-state index in [1.54, 1.807) is 7.11 Å². The third-order valence-corrected chi connectivity index (χ3v) is 13.1. The van der Waals surface area contributed by atoms with Crippen LogP contribution in [0, 0.1) is 56.7 Å². The molecule has 0 aromatic rings. The minimum absolute atomic E-state index is 0.0318. The molecule has 184 valence electrons. The number of Topliss-reactive ketones (excluding diaryl/α,β-unsaturated/α-hetero) is 1. The minimum Gasteiger partial charge on any atom is -0.469 e. The number of carbonyl (C=O) groups is 2. The molecular weight excluding hydrogens is 408 g/mol.